The lowest BCUT2D eigenvalue weighted by Crippen LogP contribution is -2.69. The molecule has 1 saturated carbocycles. The monoisotopic (exact) mass is 407 g/mol. The molecule has 0 amide bonds. The minimum Gasteiger partial charge on any atom is -0.391 e. The second-order valence-electron chi connectivity index (χ2n) is 9.88. The fraction of sp³-hybridized carbons (Fsp3) is 0.909. The van der Waals surface area contributed by atoms with E-state index in [1.807, 2.05) is 7.05 Å². The molecule has 5 N–H and O–H groups in total. The number of aliphatic hydroxyl groups is 1. The van der Waals surface area contributed by atoms with Gasteiger partial charge in [-0.3, -0.25) is 16.0 Å². The minimum absolute atomic E-state index is 0.114. The van der Waals surface area contributed by atoms with Crippen molar-refractivity contribution in [3.63, 3.8) is 0 Å². The maximum Gasteiger partial charge on any atom is 0.113 e. The van der Waals surface area contributed by atoms with Gasteiger partial charge in [-0.05, 0) is 58.5 Å². The van der Waals surface area contributed by atoms with E-state index in [1.165, 1.54) is 5.57 Å². The molecule has 0 spiro atoms. The van der Waals surface area contributed by atoms with Crippen molar-refractivity contribution in [2.24, 2.45) is 17.8 Å². The molecule has 0 aromatic rings. The van der Waals surface area contributed by atoms with Crippen molar-refractivity contribution in [3.8, 4) is 0 Å². The lowest BCUT2D eigenvalue weighted by atomic mass is 9.66. The number of hydrogen-bond acceptors (Lipinski definition) is 7. The Bertz CT molecular complexity index is 588. The van der Waals surface area contributed by atoms with E-state index in [9.17, 15) is 5.11 Å². The van der Waals surface area contributed by atoms with Gasteiger partial charge in [-0.2, -0.15) is 0 Å². The molecular weight excluding hydrogens is 366 g/mol. The van der Waals surface area contributed by atoms with E-state index in [2.05, 4.69) is 53.1 Å². The summed E-state index contributed by atoms with van der Waals surface area (Å²) in [6.07, 6.45) is 7.01. The van der Waals surface area contributed by atoms with Crippen LogP contribution in [-0.4, -0.2) is 80.5 Å². The Kier molecular flexibility index (Phi) is 6.96. The lowest BCUT2D eigenvalue weighted by Gasteiger charge is -2.47. The maximum atomic E-state index is 10.5. The minimum atomic E-state index is -0.284. The molecule has 29 heavy (non-hydrogen) atoms. The van der Waals surface area contributed by atoms with Crippen LogP contribution in [0, 0.1) is 17.8 Å². The van der Waals surface area contributed by atoms with Gasteiger partial charge in [0.1, 0.15) is 6.29 Å². The molecule has 0 radical (unpaired) electrons. The van der Waals surface area contributed by atoms with E-state index < -0.39 is 0 Å². The summed E-state index contributed by atoms with van der Waals surface area (Å²) in [5.41, 5.74) is 1.41. The first-order valence-corrected chi connectivity index (χ1v) is 11.6. The molecule has 166 valence electrons. The Morgan fingerprint density at radius 1 is 1.24 bits per heavy atom. The van der Waals surface area contributed by atoms with E-state index >= 15 is 0 Å². The number of fused-ring (bicyclic) bond motifs is 1. The molecule has 9 atom stereocenters. The molecule has 8 unspecified atom stereocenters. The summed E-state index contributed by atoms with van der Waals surface area (Å²) in [7, 11) is 4.11. The zero-order valence-corrected chi connectivity index (χ0v) is 18.5. The first-order valence-electron chi connectivity index (χ1n) is 11.6. The van der Waals surface area contributed by atoms with E-state index in [-0.39, 0.29) is 12.4 Å². The van der Waals surface area contributed by atoms with Gasteiger partial charge in [0.15, 0.2) is 0 Å². The largest absolute Gasteiger partial charge is 0.391 e. The van der Waals surface area contributed by atoms with Crippen molar-refractivity contribution < 1.29 is 9.84 Å². The van der Waals surface area contributed by atoms with Crippen LogP contribution in [0.5, 0.6) is 0 Å². The Labute approximate surface area is 176 Å². The van der Waals surface area contributed by atoms with Gasteiger partial charge in [0.2, 0.25) is 0 Å². The van der Waals surface area contributed by atoms with Crippen LogP contribution in [0.1, 0.15) is 39.5 Å². The first kappa shape index (κ1) is 21.7. The van der Waals surface area contributed by atoms with Gasteiger partial charge < -0.3 is 20.1 Å². The third kappa shape index (κ3) is 4.87. The predicted molar refractivity (Wildman–Crippen MR) is 115 cm³/mol. The highest BCUT2D eigenvalue weighted by Crippen LogP contribution is 2.45. The molecule has 0 aromatic heterocycles. The molecule has 0 aromatic carbocycles. The van der Waals surface area contributed by atoms with Crippen molar-refractivity contribution in [3.05, 3.63) is 11.6 Å². The summed E-state index contributed by atoms with van der Waals surface area (Å²) in [6, 6.07) is 0.897. The van der Waals surface area contributed by atoms with E-state index in [0.717, 1.165) is 45.4 Å². The van der Waals surface area contributed by atoms with Crippen LogP contribution in [0.2, 0.25) is 0 Å². The van der Waals surface area contributed by atoms with Gasteiger partial charge >= 0.3 is 0 Å². The fourth-order valence-electron chi connectivity index (χ4n) is 6.10. The number of hydrogen-bond donors (Lipinski definition) is 5. The third-order valence-electron chi connectivity index (χ3n) is 7.60. The summed E-state index contributed by atoms with van der Waals surface area (Å²) in [5, 5.41) is 25.1. The molecule has 3 aliphatic heterocycles. The summed E-state index contributed by atoms with van der Waals surface area (Å²) in [5.74, 6) is 1.45. The second kappa shape index (κ2) is 9.30. The Morgan fingerprint density at radius 3 is 2.86 bits per heavy atom. The molecular formula is C22H41N5O2. The molecule has 4 aliphatic rings. The van der Waals surface area contributed by atoms with Crippen LogP contribution in [0.3, 0.4) is 0 Å². The number of nitrogens with one attached hydrogen (secondary N) is 4. The molecule has 2 saturated heterocycles. The summed E-state index contributed by atoms with van der Waals surface area (Å²) in [4.78, 5) is 2.21. The number of nitrogens with zero attached hydrogens (tertiary/aromatic N) is 1. The average molecular weight is 408 g/mol. The van der Waals surface area contributed by atoms with Crippen LogP contribution in [0.15, 0.2) is 11.6 Å². The standard InChI is InChI=1S/C22H41N5O2/c1-13-9-19(23-3)26-22(24-13)25-18-11-16-6-8-29-21(16)20(14(18)2)15-5-7-27(4)12-17(28)10-15/h5,13-14,16-26,28H,6-12H2,1-4H3/t13?,14?,16?,17-,18?,19?,20?,21?,22?/m1/s1. The SMILES string of the molecule is CNC1CC(C)NC(NC2CC3CCOC3C(C3=CCN(C)C[C@H](O)C3)C2C)N1. The van der Waals surface area contributed by atoms with Gasteiger partial charge in [-0.1, -0.05) is 18.6 Å². The number of rotatable bonds is 4. The summed E-state index contributed by atoms with van der Waals surface area (Å²) < 4.78 is 6.28. The van der Waals surface area contributed by atoms with Crippen LogP contribution in [-0.2, 0) is 4.74 Å². The summed E-state index contributed by atoms with van der Waals surface area (Å²) in [6.45, 7) is 7.17. The highest BCUT2D eigenvalue weighted by atomic mass is 16.5. The highest BCUT2D eigenvalue weighted by molar-refractivity contribution is 5.18. The molecule has 7 nitrogen and oxygen atoms in total. The van der Waals surface area contributed by atoms with Crippen molar-refractivity contribution in [2.45, 2.75) is 76.3 Å². The zero-order valence-electron chi connectivity index (χ0n) is 18.5. The van der Waals surface area contributed by atoms with Crippen LogP contribution in [0.25, 0.3) is 0 Å². The number of aliphatic hydroxyl groups excluding tert-OH is 1. The van der Waals surface area contributed by atoms with Crippen LogP contribution < -0.4 is 21.3 Å². The van der Waals surface area contributed by atoms with Crippen LogP contribution >= 0.6 is 0 Å². The molecule has 1 aliphatic carbocycles. The van der Waals surface area contributed by atoms with Gasteiger partial charge in [-0.15, -0.1) is 0 Å². The first-order chi connectivity index (χ1) is 13.9. The number of likely N-dealkylation sites (N-methyl/N-ethyl adjacent to an activating group) is 1. The highest BCUT2D eigenvalue weighted by Gasteiger charge is 2.48. The number of β-amino-alcohol motifs (C(OH)–C–C–N with tert-alkyl or cyclic N) is 1. The van der Waals surface area contributed by atoms with Gasteiger partial charge in [-0.25, -0.2) is 0 Å². The predicted octanol–water partition coefficient (Wildman–Crippen LogP) is 0.429. The third-order valence-corrected chi connectivity index (χ3v) is 7.60. The van der Waals surface area contributed by atoms with Gasteiger partial charge in [0, 0.05) is 37.7 Å². The van der Waals surface area contributed by atoms with Gasteiger partial charge in [0.05, 0.1) is 18.4 Å². The van der Waals surface area contributed by atoms with Crippen molar-refractivity contribution >= 4 is 0 Å². The van der Waals surface area contributed by atoms with Crippen molar-refractivity contribution in [1.82, 2.24) is 26.2 Å². The molecule has 3 fully saturated rings. The number of ether oxygens (including phenoxy) is 1. The average Bonchev–Trinajstić information content (AvgIpc) is 3.06. The lowest BCUT2D eigenvalue weighted by molar-refractivity contribution is -0.0114. The van der Waals surface area contributed by atoms with Crippen LogP contribution in [0.4, 0.5) is 0 Å². The summed E-state index contributed by atoms with van der Waals surface area (Å²) >= 11 is 0. The molecule has 3 heterocycles. The van der Waals surface area contributed by atoms with E-state index in [1.54, 1.807) is 0 Å². The topological polar surface area (TPSA) is 80.8 Å². The quantitative estimate of drug-likeness (QED) is 0.433. The van der Waals surface area contributed by atoms with Crippen molar-refractivity contribution in [1.29, 1.82) is 0 Å². The molecule has 0 bridgehead atoms. The molecule has 7 heteroatoms. The Morgan fingerprint density at radius 2 is 2.07 bits per heavy atom. The molecule has 4 rings (SSSR count). The Balaban J connectivity index is 1.51. The van der Waals surface area contributed by atoms with E-state index in [4.69, 9.17) is 4.74 Å². The normalized spacial score (nSPS) is 46.8. The van der Waals surface area contributed by atoms with E-state index in [0.29, 0.717) is 42.1 Å². The smallest absolute Gasteiger partial charge is 0.113 e. The van der Waals surface area contributed by atoms with Gasteiger partial charge in [0.25, 0.3) is 0 Å². The zero-order chi connectivity index (χ0) is 20.5. The van der Waals surface area contributed by atoms with Crippen molar-refractivity contribution in [2.75, 3.05) is 33.8 Å². The fourth-order valence-corrected chi connectivity index (χ4v) is 6.10. The second-order valence-corrected chi connectivity index (χ2v) is 9.88. The Hall–Kier alpha value is -0.540. The maximum absolute atomic E-state index is 10.5.